The molecule has 3 N–H and O–H groups in total. The lowest BCUT2D eigenvalue weighted by Gasteiger charge is -2.16. The van der Waals surface area contributed by atoms with Crippen LogP contribution in [0.5, 0.6) is 0 Å². The third-order valence-corrected chi connectivity index (χ3v) is 6.60. The van der Waals surface area contributed by atoms with Crippen molar-refractivity contribution in [1.82, 2.24) is 24.0 Å². The van der Waals surface area contributed by atoms with Crippen molar-refractivity contribution in [3.8, 4) is 0 Å². The number of nitrogen functional groups attached to an aromatic ring is 1. The zero-order valence-electron chi connectivity index (χ0n) is 18.1. The molecule has 0 aliphatic rings. The van der Waals surface area contributed by atoms with Crippen LogP contribution in [0.2, 0.25) is 0 Å². The molecule has 3 aromatic rings. The van der Waals surface area contributed by atoms with Crippen LogP contribution >= 0.6 is 0 Å². The Morgan fingerprint density at radius 1 is 1.23 bits per heavy atom. The molecule has 3 rings (SSSR count). The Morgan fingerprint density at radius 3 is 2.45 bits per heavy atom. The highest BCUT2D eigenvalue weighted by molar-refractivity contribution is 7.92. The topological polar surface area (TPSA) is 140 Å². The van der Waals surface area contributed by atoms with Crippen LogP contribution in [-0.4, -0.2) is 53.6 Å². The first-order chi connectivity index (χ1) is 14.6. The minimum Gasteiger partial charge on any atom is -0.382 e. The average molecular weight is 446 g/mol. The summed E-state index contributed by atoms with van der Waals surface area (Å²) in [5.74, 6) is -0.162. The molecule has 0 bridgehead atoms. The quantitative estimate of drug-likeness (QED) is 0.558. The summed E-state index contributed by atoms with van der Waals surface area (Å²) in [6.07, 6.45) is 0.715. The highest BCUT2D eigenvalue weighted by Gasteiger charge is 2.27. The first kappa shape index (κ1) is 22.5. The third-order valence-electron chi connectivity index (χ3n) is 5.01. The van der Waals surface area contributed by atoms with Crippen molar-refractivity contribution < 1.29 is 9.00 Å². The lowest BCUT2D eigenvalue weighted by atomic mass is 10.1. The number of hydrogen-bond acceptors (Lipinski definition) is 7. The van der Waals surface area contributed by atoms with Crippen molar-refractivity contribution in [3.05, 3.63) is 45.9 Å². The van der Waals surface area contributed by atoms with Crippen LogP contribution in [0.25, 0.3) is 11.2 Å². The number of amides is 1. The SMILES string of the molecule is CCCN(C)C(=O)n1c(=O)n(Cc2ccc(C)cc2)c2nc([S@@](=N)(=O)CC)nc(N)c21. The van der Waals surface area contributed by atoms with E-state index in [1.54, 1.807) is 14.0 Å². The van der Waals surface area contributed by atoms with Crippen molar-refractivity contribution in [2.75, 3.05) is 25.1 Å². The summed E-state index contributed by atoms with van der Waals surface area (Å²) in [5.41, 5.74) is 7.53. The van der Waals surface area contributed by atoms with Gasteiger partial charge >= 0.3 is 11.7 Å². The molecule has 11 heteroatoms. The van der Waals surface area contributed by atoms with E-state index in [2.05, 4.69) is 9.97 Å². The molecular formula is C20H27N7O3S. The van der Waals surface area contributed by atoms with Crippen LogP contribution < -0.4 is 11.4 Å². The number of nitrogens with zero attached hydrogens (tertiary/aromatic N) is 5. The number of aryl methyl sites for hydroxylation is 1. The van der Waals surface area contributed by atoms with Crippen LogP contribution in [0.4, 0.5) is 10.6 Å². The van der Waals surface area contributed by atoms with Crippen molar-refractivity contribution in [1.29, 1.82) is 4.78 Å². The van der Waals surface area contributed by atoms with Gasteiger partial charge in [0.05, 0.1) is 6.54 Å². The van der Waals surface area contributed by atoms with Gasteiger partial charge in [-0.25, -0.2) is 28.1 Å². The van der Waals surface area contributed by atoms with Crippen LogP contribution in [0.15, 0.2) is 34.2 Å². The summed E-state index contributed by atoms with van der Waals surface area (Å²) in [7, 11) is -1.68. The van der Waals surface area contributed by atoms with Gasteiger partial charge in [0, 0.05) is 19.3 Å². The molecule has 1 aromatic carbocycles. The highest BCUT2D eigenvalue weighted by Crippen LogP contribution is 2.21. The van der Waals surface area contributed by atoms with E-state index in [4.69, 9.17) is 10.5 Å². The molecule has 0 fully saturated rings. The number of carbonyl (C=O) groups is 1. The Hall–Kier alpha value is -3.21. The van der Waals surface area contributed by atoms with E-state index < -0.39 is 21.4 Å². The van der Waals surface area contributed by atoms with Gasteiger partial charge in [-0.15, -0.1) is 0 Å². The minimum absolute atomic E-state index is 0.000974. The molecule has 0 radical (unpaired) electrons. The number of hydrogen-bond donors (Lipinski definition) is 2. The maximum atomic E-state index is 13.3. The van der Waals surface area contributed by atoms with Gasteiger partial charge in [0.1, 0.15) is 15.2 Å². The molecule has 0 saturated heterocycles. The van der Waals surface area contributed by atoms with Gasteiger partial charge in [-0.3, -0.25) is 4.57 Å². The Kier molecular flexibility index (Phi) is 6.16. The Labute approximate surface area is 180 Å². The zero-order valence-corrected chi connectivity index (χ0v) is 18.9. The van der Waals surface area contributed by atoms with E-state index in [1.165, 1.54) is 9.47 Å². The number of anilines is 1. The number of carbonyl (C=O) groups excluding carboxylic acids is 1. The van der Waals surface area contributed by atoms with E-state index in [0.29, 0.717) is 13.0 Å². The molecular weight excluding hydrogens is 418 g/mol. The van der Waals surface area contributed by atoms with Crippen molar-refractivity contribution in [2.24, 2.45) is 0 Å². The lowest BCUT2D eigenvalue weighted by Crippen LogP contribution is -2.38. The number of aromatic nitrogens is 4. The molecule has 31 heavy (non-hydrogen) atoms. The summed E-state index contributed by atoms with van der Waals surface area (Å²) in [6, 6.07) is 7.04. The number of imidazole rings is 1. The second-order valence-electron chi connectivity index (χ2n) is 7.42. The fraction of sp³-hybridized carbons (Fsp3) is 0.400. The molecule has 1 atom stereocenters. The molecule has 1 amide bonds. The smallest absolute Gasteiger partial charge is 0.339 e. The van der Waals surface area contributed by atoms with Gasteiger partial charge in [-0.05, 0) is 18.9 Å². The molecule has 0 aliphatic heterocycles. The number of benzene rings is 1. The summed E-state index contributed by atoms with van der Waals surface area (Å²) >= 11 is 0. The van der Waals surface area contributed by atoms with Gasteiger partial charge in [0.25, 0.3) is 0 Å². The number of nitrogens with two attached hydrogens (primary N) is 1. The number of nitrogens with one attached hydrogen (secondary N) is 1. The zero-order chi connectivity index (χ0) is 22.9. The van der Waals surface area contributed by atoms with Gasteiger partial charge < -0.3 is 10.6 Å². The van der Waals surface area contributed by atoms with Crippen molar-refractivity contribution in [2.45, 2.75) is 38.9 Å². The predicted octanol–water partition coefficient (Wildman–Crippen LogP) is 2.27. The second kappa shape index (κ2) is 8.50. The summed E-state index contributed by atoms with van der Waals surface area (Å²) in [5, 5.41) is -0.246. The fourth-order valence-electron chi connectivity index (χ4n) is 3.22. The Bertz CT molecular complexity index is 1290. The van der Waals surface area contributed by atoms with Gasteiger partial charge in [0.2, 0.25) is 5.16 Å². The van der Waals surface area contributed by atoms with E-state index in [-0.39, 0.29) is 34.4 Å². The molecule has 2 heterocycles. The monoisotopic (exact) mass is 445 g/mol. The predicted molar refractivity (Wildman–Crippen MR) is 120 cm³/mol. The fourth-order valence-corrected chi connectivity index (χ4v) is 3.96. The van der Waals surface area contributed by atoms with Crippen LogP contribution in [0.3, 0.4) is 0 Å². The maximum absolute atomic E-state index is 13.3. The highest BCUT2D eigenvalue weighted by atomic mass is 32.2. The lowest BCUT2D eigenvalue weighted by molar-refractivity contribution is 0.210. The molecule has 2 aromatic heterocycles. The average Bonchev–Trinajstić information content (AvgIpc) is 3.01. The van der Waals surface area contributed by atoms with Crippen molar-refractivity contribution in [3.63, 3.8) is 0 Å². The second-order valence-corrected chi connectivity index (χ2v) is 9.71. The van der Waals surface area contributed by atoms with E-state index in [1.807, 2.05) is 38.1 Å². The summed E-state index contributed by atoms with van der Waals surface area (Å²) in [6.45, 7) is 6.05. The van der Waals surface area contributed by atoms with E-state index >= 15 is 0 Å². The standard InChI is InChI=1S/C20H27N7O3S/c1-5-11-25(4)19(28)27-15-16(21)23-18(31(22,30)6-2)24-17(15)26(20(27)29)12-14-9-7-13(3)8-10-14/h7-10,22H,5-6,11-12H2,1-4H3,(H2,21,23,24)/t31-/m0/s1. The molecule has 0 spiro atoms. The van der Waals surface area contributed by atoms with E-state index in [0.717, 1.165) is 15.7 Å². The maximum Gasteiger partial charge on any atom is 0.339 e. The number of fused-ring (bicyclic) bond motifs is 1. The molecule has 166 valence electrons. The Morgan fingerprint density at radius 2 is 1.87 bits per heavy atom. The largest absolute Gasteiger partial charge is 0.382 e. The van der Waals surface area contributed by atoms with Crippen LogP contribution in [0.1, 0.15) is 31.4 Å². The van der Waals surface area contributed by atoms with Crippen molar-refractivity contribution >= 4 is 32.7 Å². The van der Waals surface area contributed by atoms with Crippen LogP contribution in [-0.2, 0) is 16.3 Å². The van der Waals surface area contributed by atoms with Gasteiger partial charge in [0.15, 0.2) is 11.5 Å². The Balaban J connectivity index is 2.32. The van der Waals surface area contributed by atoms with Gasteiger partial charge in [-0.1, -0.05) is 43.7 Å². The number of rotatable bonds is 6. The van der Waals surface area contributed by atoms with E-state index in [9.17, 15) is 13.8 Å². The first-order valence-electron chi connectivity index (χ1n) is 9.97. The molecule has 0 aliphatic carbocycles. The summed E-state index contributed by atoms with van der Waals surface area (Å²) < 4.78 is 22.9. The molecule has 10 nitrogen and oxygen atoms in total. The third kappa shape index (κ3) is 4.18. The molecule has 0 unspecified atom stereocenters. The normalized spacial score (nSPS) is 13.3. The molecule has 0 saturated carbocycles. The van der Waals surface area contributed by atoms with Gasteiger partial charge in [-0.2, -0.15) is 4.98 Å². The first-order valence-corrected chi connectivity index (χ1v) is 11.7. The minimum atomic E-state index is -3.28. The van der Waals surface area contributed by atoms with Crippen LogP contribution in [0, 0.1) is 11.7 Å². The summed E-state index contributed by atoms with van der Waals surface area (Å²) in [4.78, 5) is 36.1.